The molecule has 36 heavy (non-hydrogen) atoms. The topological polar surface area (TPSA) is 80.4 Å². The first kappa shape index (κ1) is 24.5. The maximum atomic E-state index is 11.3. The maximum Gasteiger partial charge on any atom is 0.345 e. The van der Waals surface area contributed by atoms with Crippen LogP contribution in [0.1, 0.15) is 63.9 Å². The first-order valence-corrected chi connectivity index (χ1v) is 13.7. The number of hydrogen-bond donors (Lipinski definition) is 2. The molecule has 4 nitrogen and oxygen atoms in total. The third-order valence-electron chi connectivity index (χ3n) is 7.08. The first-order chi connectivity index (χ1) is 17.1. The summed E-state index contributed by atoms with van der Waals surface area (Å²) in [5.41, 5.74) is 18.4. The molecule has 4 aromatic rings. The zero-order valence-electron chi connectivity index (χ0n) is 21.0. The van der Waals surface area contributed by atoms with Crippen molar-refractivity contribution < 1.29 is 14.7 Å². The highest BCUT2D eigenvalue weighted by molar-refractivity contribution is 7.18. The van der Waals surface area contributed by atoms with E-state index in [0.29, 0.717) is 9.75 Å². The van der Waals surface area contributed by atoms with E-state index in [0.717, 1.165) is 30.6 Å². The number of carbonyl (C=O) groups excluding carboxylic acids is 1. The minimum absolute atomic E-state index is 0.319. The van der Waals surface area contributed by atoms with Crippen LogP contribution < -0.4 is 5.73 Å². The lowest BCUT2D eigenvalue weighted by Gasteiger charge is -2.19. The van der Waals surface area contributed by atoms with E-state index >= 15 is 0 Å². The highest BCUT2D eigenvalue weighted by Gasteiger charge is 2.23. The van der Waals surface area contributed by atoms with Gasteiger partial charge in [-0.25, -0.2) is 4.79 Å². The van der Waals surface area contributed by atoms with Crippen LogP contribution in [-0.4, -0.2) is 17.0 Å². The number of aromatic carboxylic acids is 1. The minimum Gasteiger partial charge on any atom is -0.477 e. The van der Waals surface area contributed by atoms with Crippen molar-refractivity contribution in [1.82, 2.24) is 0 Å². The molecule has 0 unspecified atom stereocenters. The third kappa shape index (κ3) is 4.40. The number of carbonyl (C=O) groups is 2. The van der Waals surface area contributed by atoms with Crippen LogP contribution in [0, 0.1) is 27.7 Å². The molecule has 0 atom stereocenters. The van der Waals surface area contributed by atoms with Crippen LogP contribution in [0.4, 0.5) is 0 Å². The molecule has 2 aromatic carbocycles. The molecule has 0 saturated heterocycles. The SMILES string of the molecule is Cc1cc(C)c2c(c1)-c1sc(C(=O)O)cc1CC2.Cc1cc(C)c2c(c1)-c1sc(C(N)=O)cc1CC2. The zero-order chi connectivity index (χ0) is 25.7. The lowest BCUT2D eigenvalue weighted by molar-refractivity contribution is 0.0701. The molecule has 0 aliphatic heterocycles. The number of benzene rings is 2. The molecular weight excluding hydrogens is 486 g/mol. The van der Waals surface area contributed by atoms with Crippen molar-refractivity contribution in [2.75, 3.05) is 0 Å². The molecule has 0 bridgehead atoms. The average Bonchev–Trinajstić information content (AvgIpc) is 3.44. The molecule has 2 heterocycles. The van der Waals surface area contributed by atoms with Crippen molar-refractivity contribution in [3.63, 3.8) is 0 Å². The van der Waals surface area contributed by atoms with Crippen LogP contribution in [0.3, 0.4) is 0 Å². The van der Waals surface area contributed by atoms with E-state index in [2.05, 4.69) is 52.0 Å². The van der Waals surface area contributed by atoms with Gasteiger partial charge in [-0.05, 0) is 110 Å². The fraction of sp³-hybridized carbons (Fsp3) is 0.267. The van der Waals surface area contributed by atoms with Crippen LogP contribution in [0.15, 0.2) is 36.4 Å². The first-order valence-electron chi connectivity index (χ1n) is 12.1. The van der Waals surface area contributed by atoms with Crippen molar-refractivity contribution in [3.05, 3.63) is 90.7 Å². The van der Waals surface area contributed by atoms with E-state index in [1.165, 1.54) is 83.2 Å². The summed E-state index contributed by atoms with van der Waals surface area (Å²) < 4.78 is 0. The van der Waals surface area contributed by atoms with Crippen molar-refractivity contribution in [1.29, 1.82) is 0 Å². The number of amides is 1. The van der Waals surface area contributed by atoms with Gasteiger partial charge in [0, 0.05) is 9.75 Å². The second-order valence-corrected chi connectivity index (χ2v) is 11.9. The summed E-state index contributed by atoms with van der Waals surface area (Å²) in [5.74, 6) is -1.14. The van der Waals surface area contributed by atoms with Crippen LogP contribution >= 0.6 is 22.7 Å². The van der Waals surface area contributed by atoms with E-state index in [1.807, 2.05) is 12.1 Å². The quantitative estimate of drug-likeness (QED) is 0.300. The maximum absolute atomic E-state index is 11.3. The molecule has 2 aliphatic rings. The largest absolute Gasteiger partial charge is 0.477 e. The monoisotopic (exact) mass is 515 g/mol. The van der Waals surface area contributed by atoms with Crippen molar-refractivity contribution in [3.8, 4) is 20.9 Å². The molecule has 2 aromatic heterocycles. The van der Waals surface area contributed by atoms with Gasteiger partial charge in [0.2, 0.25) is 0 Å². The Morgan fingerprint density at radius 1 is 0.694 bits per heavy atom. The average molecular weight is 516 g/mol. The number of nitrogens with two attached hydrogens (primary N) is 1. The van der Waals surface area contributed by atoms with Crippen LogP contribution in [-0.2, 0) is 25.7 Å². The van der Waals surface area contributed by atoms with Gasteiger partial charge in [0.1, 0.15) is 4.88 Å². The van der Waals surface area contributed by atoms with E-state index in [-0.39, 0.29) is 5.91 Å². The molecule has 1 amide bonds. The summed E-state index contributed by atoms with van der Waals surface area (Å²) in [6.07, 6.45) is 4.04. The minimum atomic E-state index is -0.819. The number of primary amides is 1. The second-order valence-electron chi connectivity index (χ2n) is 9.82. The highest BCUT2D eigenvalue weighted by atomic mass is 32.1. The molecule has 3 N–H and O–H groups in total. The summed E-state index contributed by atoms with van der Waals surface area (Å²) in [4.78, 5) is 25.9. The molecule has 6 heteroatoms. The molecular formula is C30H29NO3S2. The standard InChI is InChI=1S/C15H15NOS.C15H14O2S/c2*1-8-5-9(2)11-4-3-10-7-13(15(16)17)18-14(10)12(11)6-8/h5-7H,3-4H2,1-2H3,(H2,16,17);5-7H,3-4H2,1-2H3,(H,16,17). The number of carboxylic acid groups (broad SMARTS) is 1. The van der Waals surface area contributed by atoms with Gasteiger partial charge >= 0.3 is 5.97 Å². The predicted octanol–water partition coefficient (Wildman–Crippen LogP) is 7.06. The summed E-state index contributed by atoms with van der Waals surface area (Å²) in [6, 6.07) is 12.6. The Labute approximate surface area is 219 Å². The van der Waals surface area contributed by atoms with Gasteiger partial charge in [0.25, 0.3) is 5.91 Å². The molecule has 0 spiro atoms. The Hall–Kier alpha value is -3.22. The fourth-order valence-corrected chi connectivity index (χ4v) is 7.69. The van der Waals surface area contributed by atoms with Gasteiger partial charge in [-0.2, -0.15) is 0 Å². The zero-order valence-corrected chi connectivity index (χ0v) is 22.6. The Kier molecular flexibility index (Phi) is 6.35. The van der Waals surface area contributed by atoms with Crippen molar-refractivity contribution in [2.24, 2.45) is 5.73 Å². The van der Waals surface area contributed by atoms with Gasteiger partial charge in [-0.15, -0.1) is 22.7 Å². The molecule has 0 radical (unpaired) electrons. The Balaban J connectivity index is 0.000000148. The Bertz CT molecular complexity index is 1420. The molecule has 184 valence electrons. The van der Waals surface area contributed by atoms with Crippen molar-refractivity contribution >= 4 is 34.6 Å². The second kappa shape index (κ2) is 9.34. The van der Waals surface area contributed by atoms with Crippen molar-refractivity contribution in [2.45, 2.75) is 53.4 Å². The van der Waals surface area contributed by atoms with Gasteiger partial charge in [-0.1, -0.05) is 35.4 Å². The van der Waals surface area contributed by atoms with E-state index in [4.69, 9.17) is 10.8 Å². The third-order valence-corrected chi connectivity index (χ3v) is 9.51. The predicted molar refractivity (Wildman–Crippen MR) is 149 cm³/mol. The summed E-state index contributed by atoms with van der Waals surface area (Å²) >= 11 is 2.93. The molecule has 2 aliphatic carbocycles. The number of fused-ring (bicyclic) bond motifs is 6. The summed E-state index contributed by atoms with van der Waals surface area (Å²) in [5, 5.41) is 9.10. The summed E-state index contributed by atoms with van der Waals surface area (Å²) in [6.45, 7) is 8.51. The van der Waals surface area contributed by atoms with E-state index < -0.39 is 5.97 Å². The lowest BCUT2D eigenvalue weighted by Crippen LogP contribution is -2.08. The van der Waals surface area contributed by atoms with Gasteiger partial charge in [-0.3, -0.25) is 4.79 Å². The fourth-order valence-electron chi connectivity index (χ4n) is 5.49. The van der Waals surface area contributed by atoms with Gasteiger partial charge < -0.3 is 10.8 Å². The van der Waals surface area contributed by atoms with E-state index in [1.54, 1.807) is 0 Å². The Morgan fingerprint density at radius 3 is 1.58 bits per heavy atom. The lowest BCUT2D eigenvalue weighted by atomic mass is 9.87. The van der Waals surface area contributed by atoms with Crippen LogP contribution in [0.25, 0.3) is 20.9 Å². The molecule has 0 fully saturated rings. The number of hydrogen-bond acceptors (Lipinski definition) is 4. The molecule has 0 saturated carbocycles. The number of thiophene rings is 2. The Morgan fingerprint density at radius 2 is 1.14 bits per heavy atom. The van der Waals surface area contributed by atoms with Gasteiger partial charge in [0.05, 0.1) is 4.88 Å². The number of carboxylic acids is 1. The highest BCUT2D eigenvalue weighted by Crippen LogP contribution is 2.42. The summed E-state index contributed by atoms with van der Waals surface area (Å²) in [7, 11) is 0. The van der Waals surface area contributed by atoms with Gasteiger partial charge in [0.15, 0.2) is 0 Å². The molecule has 6 rings (SSSR count). The normalized spacial score (nSPS) is 13.0. The smallest absolute Gasteiger partial charge is 0.345 e. The number of rotatable bonds is 2. The van der Waals surface area contributed by atoms with Crippen LogP contribution in [0.5, 0.6) is 0 Å². The van der Waals surface area contributed by atoms with Crippen LogP contribution in [0.2, 0.25) is 0 Å². The number of aryl methyl sites for hydroxylation is 6. The van der Waals surface area contributed by atoms with E-state index in [9.17, 15) is 9.59 Å².